The van der Waals surface area contributed by atoms with Gasteiger partial charge >= 0.3 is 0 Å². The van der Waals surface area contributed by atoms with Gasteiger partial charge in [0.25, 0.3) is 16.0 Å². The van der Waals surface area contributed by atoms with Crippen molar-refractivity contribution < 1.29 is 26.9 Å². The van der Waals surface area contributed by atoms with Gasteiger partial charge in [-0.1, -0.05) is 11.6 Å². The van der Waals surface area contributed by atoms with E-state index in [1.165, 1.54) is 18.2 Å². The van der Waals surface area contributed by atoms with Crippen molar-refractivity contribution in [1.82, 2.24) is 4.98 Å². The molecule has 1 aliphatic heterocycles. The quantitative estimate of drug-likeness (QED) is 0.729. The Morgan fingerprint density at radius 1 is 1.26 bits per heavy atom. The summed E-state index contributed by atoms with van der Waals surface area (Å²) >= 11 is 5.43. The van der Waals surface area contributed by atoms with Crippen LogP contribution in [0.4, 0.5) is 10.2 Å². The molecule has 0 atom stereocenters. The number of ether oxygens (including phenoxy) is 1. The van der Waals surface area contributed by atoms with Crippen molar-refractivity contribution in [3.63, 3.8) is 0 Å². The van der Waals surface area contributed by atoms with Gasteiger partial charge in [0.2, 0.25) is 0 Å². The molecule has 1 aromatic carbocycles. The average molecular weight is 418 g/mol. The first-order chi connectivity index (χ1) is 12.7. The van der Waals surface area contributed by atoms with Crippen LogP contribution in [0.5, 0.6) is 0 Å². The van der Waals surface area contributed by atoms with Gasteiger partial charge in [0.1, 0.15) is 16.5 Å². The molecule has 0 bridgehead atoms. The van der Waals surface area contributed by atoms with Gasteiger partial charge < -0.3 is 15.4 Å². The number of amides is 1. The second-order valence-corrected chi connectivity index (χ2v) is 7.27. The smallest absolute Gasteiger partial charge is 0.296 e. The van der Waals surface area contributed by atoms with Gasteiger partial charge in [0.05, 0.1) is 25.0 Å². The molecule has 3 N–H and O–H groups in total. The maximum absolute atomic E-state index is 12.7. The van der Waals surface area contributed by atoms with Crippen molar-refractivity contribution in [2.24, 2.45) is 5.73 Å². The van der Waals surface area contributed by atoms with Gasteiger partial charge in [-0.15, -0.1) is 0 Å². The second kappa shape index (κ2) is 9.09. The first-order valence-electron chi connectivity index (χ1n) is 7.69. The van der Waals surface area contributed by atoms with Crippen LogP contribution in [0.2, 0.25) is 5.02 Å². The van der Waals surface area contributed by atoms with Crippen molar-refractivity contribution in [2.45, 2.75) is 4.90 Å². The molecule has 3 rings (SSSR count). The van der Waals surface area contributed by atoms with Gasteiger partial charge in [-0.2, -0.15) is 8.42 Å². The number of nitrogens with zero attached hydrogens (tertiary/aromatic N) is 2. The molecule has 8 nitrogen and oxygen atoms in total. The fourth-order valence-corrected chi connectivity index (χ4v) is 2.78. The third-order valence-corrected chi connectivity index (χ3v) is 4.62. The Morgan fingerprint density at radius 3 is 2.41 bits per heavy atom. The Morgan fingerprint density at radius 2 is 1.93 bits per heavy atom. The lowest BCUT2D eigenvalue weighted by Gasteiger charge is -2.27. The number of pyridine rings is 1. The van der Waals surface area contributed by atoms with Crippen LogP contribution in [-0.2, 0) is 14.9 Å². The summed E-state index contributed by atoms with van der Waals surface area (Å²) in [6.07, 6.45) is 1.15. The van der Waals surface area contributed by atoms with Crippen LogP contribution in [0.25, 0.3) is 0 Å². The van der Waals surface area contributed by atoms with Crippen LogP contribution >= 0.6 is 11.6 Å². The molecule has 1 fully saturated rings. The molecule has 0 radical (unpaired) electrons. The Labute approximate surface area is 160 Å². The molecule has 27 heavy (non-hydrogen) atoms. The zero-order valence-electron chi connectivity index (χ0n) is 14.0. The lowest BCUT2D eigenvalue weighted by atomic mass is 10.2. The van der Waals surface area contributed by atoms with Gasteiger partial charge in [0.15, 0.2) is 0 Å². The number of hydrogen-bond donors (Lipinski definition) is 2. The van der Waals surface area contributed by atoms with E-state index in [4.69, 9.17) is 26.6 Å². The zero-order valence-corrected chi connectivity index (χ0v) is 15.6. The highest BCUT2D eigenvalue weighted by Gasteiger charge is 2.14. The fraction of sp³-hybridized carbons (Fsp3) is 0.250. The number of halogens is 2. The number of carbonyl (C=O) groups excluding carboxylic acids is 1. The molecule has 146 valence electrons. The van der Waals surface area contributed by atoms with Crippen molar-refractivity contribution >= 4 is 33.4 Å². The van der Waals surface area contributed by atoms with Gasteiger partial charge in [0, 0.05) is 18.1 Å². The summed E-state index contributed by atoms with van der Waals surface area (Å²) in [5.41, 5.74) is 4.70. The summed E-state index contributed by atoms with van der Waals surface area (Å²) in [4.78, 5) is 16.3. The third kappa shape index (κ3) is 6.14. The molecule has 1 aromatic heterocycles. The molecular formula is C16H17ClFN3O5S. The summed E-state index contributed by atoms with van der Waals surface area (Å²) in [6.45, 7) is 2.75. The Kier molecular flexibility index (Phi) is 7.08. The molecule has 0 spiro atoms. The van der Waals surface area contributed by atoms with E-state index in [1.54, 1.807) is 6.07 Å². The van der Waals surface area contributed by atoms with Gasteiger partial charge in [-0.3, -0.25) is 9.35 Å². The molecular weight excluding hydrogens is 401 g/mol. The summed E-state index contributed by atoms with van der Waals surface area (Å²) in [5.74, 6) is -0.792. The Balaban J connectivity index is 0.000000208. The molecule has 1 amide bonds. The van der Waals surface area contributed by atoms with E-state index < -0.39 is 21.8 Å². The van der Waals surface area contributed by atoms with Crippen LogP contribution in [0, 0.1) is 5.82 Å². The number of rotatable bonds is 3. The van der Waals surface area contributed by atoms with E-state index in [2.05, 4.69) is 4.98 Å². The van der Waals surface area contributed by atoms with Crippen LogP contribution in [0.15, 0.2) is 41.4 Å². The minimum Gasteiger partial charge on any atom is -0.378 e. The van der Waals surface area contributed by atoms with Crippen LogP contribution < -0.4 is 10.6 Å². The predicted octanol–water partition coefficient (Wildman–Crippen LogP) is 1.74. The Hall–Kier alpha value is -2.27. The molecule has 0 unspecified atom stereocenters. The van der Waals surface area contributed by atoms with E-state index in [1.807, 2.05) is 4.90 Å². The lowest BCUT2D eigenvalue weighted by molar-refractivity contribution is 0.0996. The van der Waals surface area contributed by atoms with Crippen molar-refractivity contribution in [2.75, 3.05) is 31.2 Å². The second-order valence-electron chi connectivity index (χ2n) is 5.42. The minimum absolute atomic E-state index is 0.144. The number of hydrogen-bond acceptors (Lipinski definition) is 6. The topological polar surface area (TPSA) is 123 Å². The fourth-order valence-electron chi connectivity index (χ4n) is 2.19. The molecule has 2 heterocycles. The monoisotopic (exact) mass is 417 g/mol. The maximum atomic E-state index is 12.7. The molecule has 11 heteroatoms. The first-order valence-corrected chi connectivity index (χ1v) is 9.51. The number of aromatic nitrogens is 1. The van der Waals surface area contributed by atoms with Gasteiger partial charge in [-0.25, -0.2) is 9.37 Å². The highest BCUT2D eigenvalue weighted by Crippen LogP contribution is 2.15. The number of anilines is 1. The van der Waals surface area contributed by atoms with E-state index >= 15 is 0 Å². The Bertz CT molecular complexity index is 903. The summed E-state index contributed by atoms with van der Waals surface area (Å²) in [5, 5.41) is 0.243. The van der Waals surface area contributed by atoms with E-state index in [-0.39, 0.29) is 15.5 Å². The largest absolute Gasteiger partial charge is 0.378 e. The number of nitrogens with two attached hydrogens (primary N) is 1. The minimum atomic E-state index is -4.16. The normalized spacial score (nSPS) is 14.3. The third-order valence-electron chi connectivity index (χ3n) is 3.55. The van der Waals surface area contributed by atoms with Crippen molar-refractivity contribution in [1.29, 1.82) is 0 Å². The standard InChI is InChI=1S/C9H12N2O4S.C7H5ClFNO/c12-16(13,14)8-1-2-9(10-7-8)11-3-5-15-6-4-11;8-4-1-2-5(7(10)11)6(9)3-4/h1-2,7H,3-6H2,(H,12,13,14);1-3H,(H2,10,11). The summed E-state index contributed by atoms with van der Waals surface area (Å²) < 4.78 is 48.3. The number of carbonyl (C=O) groups is 1. The van der Waals surface area contributed by atoms with E-state index in [0.717, 1.165) is 25.4 Å². The molecule has 0 aliphatic carbocycles. The van der Waals surface area contributed by atoms with Crippen LogP contribution in [-0.4, -0.2) is 50.2 Å². The van der Waals surface area contributed by atoms with Crippen molar-refractivity contribution in [3.8, 4) is 0 Å². The molecule has 1 aliphatic rings. The number of benzene rings is 1. The van der Waals surface area contributed by atoms with Crippen LogP contribution in [0.3, 0.4) is 0 Å². The first kappa shape index (κ1) is 21.0. The molecule has 0 saturated carbocycles. The predicted molar refractivity (Wildman–Crippen MR) is 97.0 cm³/mol. The van der Waals surface area contributed by atoms with Crippen LogP contribution in [0.1, 0.15) is 10.4 Å². The average Bonchev–Trinajstić information content (AvgIpc) is 2.62. The molecule has 2 aromatic rings. The maximum Gasteiger partial charge on any atom is 0.296 e. The summed E-state index contributed by atoms with van der Waals surface area (Å²) in [7, 11) is -4.16. The highest BCUT2D eigenvalue weighted by atomic mass is 35.5. The number of primary amides is 1. The van der Waals surface area contributed by atoms with E-state index in [9.17, 15) is 17.6 Å². The van der Waals surface area contributed by atoms with Gasteiger partial charge in [-0.05, 0) is 30.3 Å². The van der Waals surface area contributed by atoms with Crippen molar-refractivity contribution in [3.05, 3.63) is 52.9 Å². The summed E-state index contributed by atoms with van der Waals surface area (Å²) in [6, 6.07) is 6.62. The van der Waals surface area contributed by atoms with E-state index in [0.29, 0.717) is 19.0 Å². The molecule has 1 saturated heterocycles. The highest BCUT2D eigenvalue weighted by molar-refractivity contribution is 7.85. The zero-order chi connectivity index (χ0) is 20.0. The lowest BCUT2D eigenvalue weighted by Crippen LogP contribution is -2.36. The SMILES string of the molecule is NC(=O)c1ccc(Cl)cc1F.O=S(=O)(O)c1ccc(N2CCOCC2)nc1. The number of morpholine rings is 1.